The minimum Gasteiger partial charge on any atom is -0.463 e. The maximum atomic E-state index is 12.4. The fourth-order valence-electron chi connectivity index (χ4n) is 2.50. The van der Waals surface area contributed by atoms with Gasteiger partial charge < -0.3 is 24.9 Å². The van der Waals surface area contributed by atoms with Gasteiger partial charge in [-0.3, -0.25) is 0 Å². The van der Waals surface area contributed by atoms with E-state index in [-0.39, 0.29) is 30.2 Å². The van der Waals surface area contributed by atoms with Gasteiger partial charge in [0.05, 0.1) is 24.7 Å². The highest BCUT2D eigenvalue weighted by Crippen LogP contribution is 2.39. The fourth-order valence-corrected chi connectivity index (χ4v) is 2.50. The lowest BCUT2D eigenvalue weighted by Crippen LogP contribution is -2.30. The van der Waals surface area contributed by atoms with Gasteiger partial charge in [-0.05, 0) is 32.9 Å². The van der Waals surface area contributed by atoms with E-state index in [4.69, 9.17) is 19.9 Å². The number of allylic oxidation sites excluding steroid dienone is 1. The van der Waals surface area contributed by atoms with Crippen LogP contribution in [-0.4, -0.2) is 30.1 Å². The highest BCUT2D eigenvalue weighted by molar-refractivity contribution is 5.99. The number of esters is 2. The van der Waals surface area contributed by atoms with E-state index in [0.717, 1.165) is 0 Å². The standard InChI is InChI=1S/C16H20N2O5/c1-4-21-15(19)11-9(3)23-14(17)13(16(20)22-5-2)12(11)10-7-6-8-18-10/h6-8,12,18H,4-5,17H2,1-3H3/t12-/m1/s1. The quantitative estimate of drug-likeness (QED) is 0.800. The van der Waals surface area contributed by atoms with E-state index in [0.29, 0.717) is 11.5 Å². The number of carbonyl (C=O) groups is 2. The number of rotatable bonds is 5. The predicted molar refractivity (Wildman–Crippen MR) is 81.8 cm³/mol. The Hall–Kier alpha value is -2.70. The molecule has 2 rings (SSSR count). The van der Waals surface area contributed by atoms with Crippen LogP contribution in [0.1, 0.15) is 32.4 Å². The zero-order valence-corrected chi connectivity index (χ0v) is 13.3. The molecule has 1 aromatic heterocycles. The summed E-state index contributed by atoms with van der Waals surface area (Å²) in [4.78, 5) is 27.7. The lowest BCUT2D eigenvalue weighted by Gasteiger charge is -2.27. The summed E-state index contributed by atoms with van der Waals surface area (Å²) in [5.41, 5.74) is 6.83. The molecule has 0 unspecified atom stereocenters. The fraction of sp³-hybridized carbons (Fsp3) is 0.375. The molecule has 0 saturated heterocycles. The van der Waals surface area contributed by atoms with Crippen LogP contribution in [0.3, 0.4) is 0 Å². The molecule has 7 heteroatoms. The van der Waals surface area contributed by atoms with E-state index in [2.05, 4.69) is 4.98 Å². The van der Waals surface area contributed by atoms with Gasteiger partial charge >= 0.3 is 11.9 Å². The molecule has 0 radical (unpaired) electrons. The normalized spacial score (nSPS) is 17.8. The van der Waals surface area contributed by atoms with Crippen LogP contribution in [0, 0.1) is 0 Å². The third-order valence-corrected chi connectivity index (χ3v) is 3.41. The van der Waals surface area contributed by atoms with Crippen LogP contribution in [-0.2, 0) is 23.8 Å². The van der Waals surface area contributed by atoms with Crippen LogP contribution in [0.5, 0.6) is 0 Å². The number of nitrogens with one attached hydrogen (secondary N) is 1. The van der Waals surface area contributed by atoms with Crippen molar-refractivity contribution in [3.63, 3.8) is 0 Å². The number of carbonyl (C=O) groups excluding carboxylic acids is 2. The van der Waals surface area contributed by atoms with Crippen molar-refractivity contribution >= 4 is 11.9 Å². The highest BCUT2D eigenvalue weighted by atomic mass is 16.5. The maximum absolute atomic E-state index is 12.4. The molecule has 0 fully saturated rings. The van der Waals surface area contributed by atoms with Gasteiger partial charge in [0.2, 0.25) is 5.88 Å². The zero-order chi connectivity index (χ0) is 17.0. The van der Waals surface area contributed by atoms with Crippen LogP contribution in [0.15, 0.2) is 41.1 Å². The van der Waals surface area contributed by atoms with Crippen molar-refractivity contribution in [1.82, 2.24) is 4.98 Å². The van der Waals surface area contributed by atoms with Crippen molar-refractivity contribution in [2.75, 3.05) is 13.2 Å². The highest BCUT2D eigenvalue weighted by Gasteiger charge is 2.40. The average molecular weight is 320 g/mol. The second-order valence-electron chi connectivity index (χ2n) is 4.85. The van der Waals surface area contributed by atoms with E-state index in [9.17, 15) is 9.59 Å². The number of nitrogens with two attached hydrogens (primary N) is 1. The second kappa shape index (κ2) is 7.04. The molecule has 0 aliphatic carbocycles. The summed E-state index contributed by atoms with van der Waals surface area (Å²) in [6.45, 7) is 5.40. The Balaban J connectivity index is 2.55. The molecule has 1 aliphatic rings. The lowest BCUT2D eigenvalue weighted by atomic mass is 9.85. The number of aromatic nitrogens is 1. The first-order valence-electron chi connectivity index (χ1n) is 7.37. The average Bonchev–Trinajstić information content (AvgIpc) is 3.00. The SMILES string of the molecule is CCOC(=O)C1=C(C)OC(N)=C(C(=O)OCC)[C@@H]1c1ccc[nH]1. The number of aromatic amines is 1. The van der Waals surface area contributed by atoms with E-state index >= 15 is 0 Å². The van der Waals surface area contributed by atoms with E-state index < -0.39 is 17.9 Å². The Labute approximate surface area is 134 Å². The smallest absolute Gasteiger partial charge is 0.340 e. The summed E-state index contributed by atoms with van der Waals surface area (Å²) >= 11 is 0. The van der Waals surface area contributed by atoms with Crippen LogP contribution >= 0.6 is 0 Å². The van der Waals surface area contributed by atoms with Gasteiger partial charge in [0.25, 0.3) is 0 Å². The third-order valence-electron chi connectivity index (χ3n) is 3.41. The number of H-pyrrole nitrogens is 1. The third kappa shape index (κ3) is 3.23. The number of hydrogen-bond acceptors (Lipinski definition) is 6. The first-order chi connectivity index (χ1) is 11.0. The van der Waals surface area contributed by atoms with Gasteiger partial charge in [0.15, 0.2) is 0 Å². The largest absolute Gasteiger partial charge is 0.463 e. The van der Waals surface area contributed by atoms with Crippen molar-refractivity contribution in [3.05, 3.63) is 46.8 Å². The summed E-state index contributed by atoms with van der Waals surface area (Å²) in [6.07, 6.45) is 1.70. The Bertz CT molecular complexity index is 618. The molecule has 0 bridgehead atoms. The molecule has 0 saturated carbocycles. The molecule has 0 amide bonds. The first-order valence-corrected chi connectivity index (χ1v) is 7.37. The summed E-state index contributed by atoms with van der Waals surface area (Å²) < 4.78 is 15.6. The van der Waals surface area contributed by atoms with E-state index in [1.165, 1.54) is 0 Å². The van der Waals surface area contributed by atoms with Gasteiger partial charge in [-0.2, -0.15) is 0 Å². The summed E-state index contributed by atoms with van der Waals surface area (Å²) in [6, 6.07) is 3.52. The van der Waals surface area contributed by atoms with Crippen molar-refractivity contribution < 1.29 is 23.8 Å². The van der Waals surface area contributed by atoms with Crippen molar-refractivity contribution in [1.29, 1.82) is 0 Å². The molecule has 7 nitrogen and oxygen atoms in total. The molecule has 0 aromatic carbocycles. The first kappa shape index (κ1) is 16.7. The lowest BCUT2D eigenvalue weighted by molar-refractivity contribution is -0.140. The molecule has 23 heavy (non-hydrogen) atoms. The molecule has 2 heterocycles. The summed E-state index contributed by atoms with van der Waals surface area (Å²) in [7, 11) is 0. The van der Waals surface area contributed by atoms with Gasteiger partial charge in [-0.1, -0.05) is 0 Å². The minimum atomic E-state index is -0.725. The Kier molecular flexibility index (Phi) is 5.10. The van der Waals surface area contributed by atoms with Crippen LogP contribution in [0.2, 0.25) is 0 Å². The van der Waals surface area contributed by atoms with E-state index in [1.807, 2.05) is 0 Å². The molecule has 124 valence electrons. The molecule has 1 aromatic rings. The summed E-state index contributed by atoms with van der Waals surface area (Å²) in [5.74, 6) is -1.68. The van der Waals surface area contributed by atoms with Crippen molar-refractivity contribution in [2.45, 2.75) is 26.7 Å². The molecular weight excluding hydrogens is 300 g/mol. The Morgan fingerprint density at radius 1 is 1.22 bits per heavy atom. The molecular formula is C16H20N2O5. The van der Waals surface area contributed by atoms with Gasteiger partial charge in [-0.25, -0.2) is 9.59 Å². The number of hydrogen-bond donors (Lipinski definition) is 2. The van der Waals surface area contributed by atoms with Gasteiger partial charge in [-0.15, -0.1) is 0 Å². The van der Waals surface area contributed by atoms with E-state index in [1.54, 1.807) is 39.1 Å². The maximum Gasteiger partial charge on any atom is 0.340 e. The van der Waals surface area contributed by atoms with Gasteiger partial charge in [0, 0.05) is 11.9 Å². The van der Waals surface area contributed by atoms with Crippen molar-refractivity contribution in [2.24, 2.45) is 5.73 Å². The zero-order valence-electron chi connectivity index (χ0n) is 13.3. The van der Waals surface area contributed by atoms with Crippen molar-refractivity contribution in [3.8, 4) is 0 Å². The summed E-state index contributed by atoms with van der Waals surface area (Å²) in [5, 5.41) is 0. The minimum absolute atomic E-state index is 0.0754. The molecule has 3 N–H and O–H groups in total. The van der Waals surface area contributed by atoms with Crippen LogP contribution in [0.25, 0.3) is 0 Å². The predicted octanol–water partition coefficient (Wildman–Crippen LogP) is 1.70. The monoisotopic (exact) mass is 320 g/mol. The second-order valence-corrected chi connectivity index (χ2v) is 4.85. The van der Waals surface area contributed by atoms with Crippen LogP contribution in [0.4, 0.5) is 0 Å². The Morgan fingerprint density at radius 3 is 2.35 bits per heavy atom. The topological polar surface area (TPSA) is 104 Å². The Morgan fingerprint density at radius 2 is 1.83 bits per heavy atom. The van der Waals surface area contributed by atoms with Gasteiger partial charge in [0.1, 0.15) is 11.3 Å². The molecule has 1 atom stereocenters. The molecule has 0 spiro atoms. The van der Waals surface area contributed by atoms with Crippen LogP contribution < -0.4 is 5.73 Å². The molecule has 1 aliphatic heterocycles. The number of ether oxygens (including phenoxy) is 3.